The van der Waals surface area contributed by atoms with Crippen LogP contribution in [0.5, 0.6) is 17.2 Å². The largest absolute Gasteiger partial charge is 0.505 e. The van der Waals surface area contributed by atoms with Crippen molar-refractivity contribution in [3.05, 3.63) is 107 Å². The van der Waals surface area contributed by atoms with Crippen LogP contribution in [0.2, 0.25) is 0 Å². The van der Waals surface area contributed by atoms with E-state index in [2.05, 4.69) is 10.4 Å². The first-order chi connectivity index (χ1) is 15.0. The summed E-state index contributed by atoms with van der Waals surface area (Å²) in [4.78, 5) is 25.2. The Morgan fingerprint density at radius 1 is 0.968 bits per heavy atom. The first-order valence-corrected chi connectivity index (χ1v) is 9.55. The SMILES string of the molecule is Cc1cccc(-n2nc(C(=O)Nc3ccccc3Oc3ccccc3)c(O)cc2=O)c1. The summed E-state index contributed by atoms with van der Waals surface area (Å²) in [7, 11) is 0. The van der Waals surface area contributed by atoms with E-state index < -0.39 is 17.2 Å². The van der Waals surface area contributed by atoms with Gasteiger partial charge in [-0.3, -0.25) is 9.59 Å². The molecule has 154 valence electrons. The first-order valence-electron chi connectivity index (χ1n) is 9.55. The van der Waals surface area contributed by atoms with E-state index >= 15 is 0 Å². The van der Waals surface area contributed by atoms with Gasteiger partial charge in [-0.15, -0.1) is 0 Å². The van der Waals surface area contributed by atoms with E-state index in [4.69, 9.17) is 4.74 Å². The maximum Gasteiger partial charge on any atom is 0.280 e. The molecule has 0 spiro atoms. The van der Waals surface area contributed by atoms with E-state index in [1.54, 1.807) is 54.6 Å². The van der Waals surface area contributed by atoms with Crippen molar-refractivity contribution < 1.29 is 14.6 Å². The smallest absolute Gasteiger partial charge is 0.280 e. The molecule has 1 aromatic heterocycles. The standard InChI is InChI=1S/C24H19N3O4/c1-16-8-7-9-17(14-16)27-22(29)15-20(28)23(26-27)24(30)25-19-12-5-6-13-21(19)31-18-10-3-2-4-11-18/h2-15,28H,1H3,(H,25,30). The van der Waals surface area contributed by atoms with Crippen LogP contribution in [0.25, 0.3) is 5.69 Å². The van der Waals surface area contributed by atoms with Gasteiger partial charge >= 0.3 is 0 Å². The third kappa shape index (κ3) is 4.45. The van der Waals surface area contributed by atoms with Crippen LogP contribution in [0.1, 0.15) is 16.1 Å². The summed E-state index contributed by atoms with van der Waals surface area (Å²) in [5.41, 5.74) is 0.984. The Balaban J connectivity index is 1.66. The van der Waals surface area contributed by atoms with Crippen LogP contribution >= 0.6 is 0 Å². The lowest BCUT2D eigenvalue weighted by molar-refractivity contribution is 0.101. The summed E-state index contributed by atoms with van der Waals surface area (Å²) >= 11 is 0. The van der Waals surface area contributed by atoms with Gasteiger partial charge in [0.1, 0.15) is 5.75 Å². The molecule has 7 nitrogen and oxygen atoms in total. The van der Waals surface area contributed by atoms with Gasteiger partial charge in [-0.2, -0.15) is 9.78 Å². The molecule has 0 radical (unpaired) electrons. The van der Waals surface area contributed by atoms with Gasteiger partial charge in [-0.1, -0.05) is 42.5 Å². The van der Waals surface area contributed by atoms with Gasteiger partial charge in [-0.05, 0) is 48.9 Å². The average Bonchev–Trinajstić information content (AvgIpc) is 2.76. The summed E-state index contributed by atoms with van der Waals surface area (Å²) in [5.74, 6) is -0.150. The normalized spacial score (nSPS) is 10.5. The molecule has 0 bridgehead atoms. The lowest BCUT2D eigenvalue weighted by atomic mass is 10.2. The van der Waals surface area contributed by atoms with Gasteiger partial charge in [0.15, 0.2) is 17.2 Å². The first kappa shape index (κ1) is 19.9. The third-order valence-corrected chi connectivity index (χ3v) is 4.48. The van der Waals surface area contributed by atoms with Crippen molar-refractivity contribution in [1.29, 1.82) is 0 Å². The minimum Gasteiger partial charge on any atom is -0.505 e. The Morgan fingerprint density at radius 2 is 1.71 bits per heavy atom. The van der Waals surface area contributed by atoms with Crippen LogP contribution in [0.4, 0.5) is 5.69 Å². The molecule has 0 fully saturated rings. The zero-order chi connectivity index (χ0) is 21.8. The topological polar surface area (TPSA) is 93.5 Å². The number of hydrogen-bond acceptors (Lipinski definition) is 5. The highest BCUT2D eigenvalue weighted by Crippen LogP contribution is 2.29. The van der Waals surface area contributed by atoms with Crippen LogP contribution in [0.15, 0.2) is 89.7 Å². The number of para-hydroxylation sites is 3. The number of nitrogens with zero attached hydrogens (tertiary/aromatic N) is 2. The Kier molecular flexibility index (Phi) is 5.49. The molecule has 0 aliphatic heterocycles. The minimum atomic E-state index is -0.678. The zero-order valence-corrected chi connectivity index (χ0v) is 16.6. The molecule has 1 heterocycles. The molecule has 1 amide bonds. The Morgan fingerprint density at radius 3 is 2.48 bits per heavy atom. The predicted octanol–water partition coefficient (Wildman–Crippen LogP) is 4.29. The van der Waals surface area contributed by atoms with Gasteiger partial charge in [0, 0.05) is 6.07 Å². The highest BCUT2D eigenvalue weighted by atomic mass is 16.5. The molecule has 0 saturated heterocycles. The Labute approximate surface area is 178 Å². The van der Waals surface area contributed by atoms with E-state index in [-0.39, 0.29) is 5.69 Å². The third-order valence-electron chi connectivity index (χ3n) is 4.48. The number of carbonyl (C=O) groups excluding carboxylic acids is 1. The van der Waals surface area contributed by atoms with Crippen molar-refractivity contribution in [2.45, 2.75) is 6.92 Å². The molecule has 7 heteroatoms. The zero-order valence-electron chi connectivity index (χ0n) is 16.6. The summed E-state index contributed by atoms with van der Waals surface area (Å²) < 4.78 is 6.93. The van der Waals surface area contributed by atoms with Crippen LogP contribution < -0.4 is 15.6 Å². The molecule has 0 unspecified atom stereocenters. The second kappa shape index (κ2) is 8.54. The number of aryl methyl sites for hydroxylation is 1. The fourth-order valence-electron chi connectivity index (χ4n) is 3.01. The lowest BCUT2D eigenvalue weighted by Gasteiger charge is -2.13. The summed E-state index contributed by atoms with van der Waals surface area (Å²) in [6.45, 7) is 1.88. The highest BCUT2D eigenvalue weighted by Gasteiger charge is 2.18. The van der Waals surface area contributed by atoms with Gasteiger partial charge < -0.3 is 15.2 Å². The molecule has 3 aromatic carbocycles. The van der Waals surface area contributed by atoms with E-state index in [1.807, 2.05) is 31.2 Å². The van der Waals surface area contributed by atoms with Crippen molar-refractivity contribution >= 4 is 11.6 Å². The quantitative estimate of drug-likeness (QED) is 0.509. The predicted molar refractivity (Wildman–Crippen MR) is 117 cm³/mol. The number of carbonyl (C=O) groups is 1. The maximum absolute atomic E-state index is 12.9. The number of nitrogens with one attached hydrogen (secondary N) is 1. The number of ether oxygens (including phenoxy) is 1. The highest BCUT2D eigenvalue weighted by molar-refractivity contribution is 6.05. The van der Waals surface area contributed by atoms with E-state index in [9.17, 15) is 14.7 Å². The summed E-state index contributed by atoms with van der Waals surface area (Å²) in [5, 5.41) is 17.0. The van der Waals surface area contributed by atoms with Gasteiger partial charge in [-0.25, -0.2) is 0 Å². The summed E-state index contributed by atoms with van der Waals surface area (Å²) in [6, 6.07) is 24.1. The number of amides is 1. The molecule has 2 N–H and O–H groups in total. The van der Waals surface area contributed by atoms with Crippen LogP contribution in [-0.4, -0.2) is 20.8 Å². The molecular formula is C24H19N3O4. The van der Waals surface area contributed by atoms with Crippen LogP contribution in [0.3, 0.4) is 0 Å². The van der Waals surface area contributed by atoms with Crippen molar-refractivity contribution in [1.82, 2.24) is 9.78 Å². The molecule has 0 aliphatic carbocycles. The fourth-order valence-corrected chi connectivity index (χ4v) is 3.01. The van der Waals surface area contributed by atoms with Gasteiger partial charge in [0.25, 0.3) is 11.5 Å². The van der Waals surface area contributed by atoms with Crippen LogP contribution in [0, 0.1) is 6.92 Å². The number of aromatic hydroxyl groups is 1. The number of benzene rings is 3. The number of aromatic nitrogens is 2. The van der Waals surface area contributed by atoms with Crippen molar-refractivity contribution in [3.8, 4) is 22.9 Å². The van der Waals surface area contributed by atoms with E-state index in [1.165, 1.54) is 0 Å². The Bertz CT molecular complexity index is 1300. The fraction of sp³-hybridized carbons (Fsp3) is 0.0417. The minimum absolute atomic E-state index is 0.282. The molecular weight excluding hydrogens is 394 g/mol. The molecule has 31 heavy (non-hydrogen) atoms. The molecule has 4 rings (SSSR count). The average molecular weight is 413 g/mol. The van der Waals surface area contributed by atoms with Crippen molar-refractivity contribution in [2.24, 2.45) is 0 Å². The number of rotatable bonds is 5. The van der Waals surface area contributed by atoms with Gasteiger partial charge in [0.05, 0.1) is 11.4 Å². The van der Waals surface area contributed by atoms with Crippen molar-refractivity contribution in [3.63, 3.8) is 0 Å². The van der Waals surface area contributed by atoms with Crippen molar-refractivity contribution in [2.75, 3.05) is 5.32 Å². The molecule has 0 aliphatic rings. The summed E-state index contributed by atoms with van der Waals surface area (Å²) in [6.07, 6.45) is 0. The molecule has 4 aromatic rings. The second-order valence-electron chi connectivity index (χ2n) is 6.83. The van der Waals surface area contributed by atoms with E-state index in [0.717, 1.165) is 16.3 Å². The number of hydrogen-bond donors (Lipinski definition) is 2. The second-order valence-corrected chi connectivity index (χ2v) is 6.83. The monoisotopic (exact) mass is 413 g/mol. The van der Waals surface area contributed by atoms with Gasteiger partial charge in [0.2, 0.25) is 0 Å². The van der Waals surface area contributed by atoms with E-state index in [0.29, 0.717) is 22.9 Å². The molecule has 0 atom stereocenters. The lowest BCUT2D eigenvalue weighted by Crippen LogP contribution is -2.25. The number of anilines is 1. The molecule has 0 saturated carbocycles. The Hall–Kier alpha value is -4.39. The van der Waals surface area contributed by atoms with Crippen LogP contribution in [-0.2, 0) is 0 Å². The maximum atomic E-state index is 12.9.